The van der Waals surface area contributed by atoms with E-state index >= 15 is 0 Å². The molecule has 0 radical (unpaired) electrons. The SMILES string of the molecule is CC(CCCO)Nc1csc2ccccc12. The molecule has 2 nitrogen and oxygen atoms in total. The third-order valence-corrected chi connectivity index (χ3v) is 3.64. The lowest BCUT2D eigenvalue weighted by Crippen LogP contribution is -2.15. The lowest BCUT2D eigenvalue weighted by atomic mass is 10.1. The number of fused-ring (bicyclic) bond motifs is 1. The monoisotopic (exact) mass is 235 g/mol. The molecule has 1 unspecified atom stereocenters. The fraction of sp³-hybridized carbons (Fsp3) is 0.385. The van der Waals surface area contributed by atoms with Gasteiger partial charge in [-0.15, -0.1) is 11.3 Å². The van der Waals surface area contributed by atoms with E-state index in [1.807, 2.05) is 0 Å². The zero-order valence-corrected chi connectivity index (χ0v) is 10.3. The quantitative estimate of drug-likeness (QED) is 0.831. The van der Waals surface area contributed by atoms with Crippen LogP contribution in [0.5, 0.6) is 0 Å². The summed E-state index contributed by atoms with van der Waals surface area (Å²) < 4.78 is 1.32. The summed E-state index contributed by atoms with van der Waals surface area (Å²) in [6.45, 7) is 2.43. The molecular formula is C13H17NOS. The maximum Gasteiger partial charge on any atom is 0.0530 e. The van der Waals surface area contributed by atoms with Gasteiger partial charge in [0.15, 0.2) is 0 Å². The number of thiophene rings is 1. The fourth-order valence-electron chi connectivity index (χ4n) is 1.82. The van der Waals surface area contributed by atoms with E-state index in [4.69, 9.17) is 5.11 Å². The van der Waals surface area contributed by atoms with Gasteiger partial charge in [-0.1, -0.05) is 18.2 Å². The molecule has 2 rings (SSSR count). The summed E-state index contributed by atoms with van der Waals surface area (Å²) in [7, 11) is 0. The first-order chi connectivity index (χ1) is 7.81. The van der Waals surface area contributed by atoms with Gasteiger partial charge < -0.3 is 10.4 Å². The third-order valence-electron chi connectivity index (χ3n) is 2.68. The Hall–Kier alpha value is -1.06. The molecule has 2 N–H and O–H groups in total. The van der Waals surface area contributed by atoms with E-state index in [0.29, 0.717) is 6.04 Å². The summed E-state index contributed by atoms with van der Waals surface area (Å²) in [4.78, 5) is 0. The molecule has 86 valence electrons. The van der Waals surface area contributed by atoms with Gasteiger partial charge in [-0.3, -0.25) is 0 Å². The number of nitrogens with one attached hydrogen (secondary N) is 1. The Balaban J connectivity index is 2.09. The molecular weight excluding hydrogens is 218 g/mol. The van der Waals surface area contributed by atoms with Crippen molar-refractivity contribution in [3.05, 3.63) is 29.6 Å². The van der Waals surface area contributed by atoms with Crippen LogP contribution in [-0.2, 0) is 0 Å². The zero-order chi connectivity index (χ0) is 11.4. The number of hydrogen-bond acceptors (Lipinski definition) is 3. The molecule has 2 aromatic rings. The Morgan fingerprint density at radius 3 is 3.00 bits per heavy atom. The van der Waals surface area contributed by atoms with Crippen LogP contribution in [0, 0.1) is 0 Å². The van der Waals surface area contributed by atoms with E-state index in [9.17, 15) is 0 Å². The van der Waals surface area contributed by atoms with Crippen molar-refractivity contribution < 1.29 is 5.11 Å². The second kappa shape index (κ2) is 5.32. The molecule has 1 aromatic heterocycles. The molecule has 3 heteroatoms. The Morgan fingerprint density at radius 2 is 2.19 bits per heavy atom. The van der Waals surface area contributed by atoms with Crippen molar-refractivity contribution in [2.75, 3.05) is 11.9 Å². The number of anilines is 1. The Kier molecular flexibility index (Phi) is 3.80. The van der Waals surface area contributed by atoms with E-state index in [-0.39, 0.29) is 6.61 Å². The normalized spacial score (nSPS) is 12.9. The average Bonchev–Trinajstić information content (AvgIpc) is 2.70. The van der Waals surface area contributed by atoms with Gasteiger partial charge in [-0.25, -0.2) is 0 Å². The number of rotatable bonds is 5. The van der Waals surface area contributed by atoms with Gasteiger partial charge in [0.25, 0.3) is 0 Å². The van der Waals surface area contributed by atoms with Crippen LogP contribution < -0.4 is 5.32 Å². The summed E-state index contributed by atoms with van der Waals surface area (Å²) in [5.41, 5.74) is 1.21. The van der Waals surface area contributed by atoms with Gasteiger partial charge in [0.1, 0.15) is 0 Å². The topological polar surface area (TPSA) is 32.3 Å². The lowest BCUT2D eigenvalue weighted by Gasteiger charge is -2.13. The molecule has 16 heavy (non-hydrogen) atoms. The molecule has 0 aliphatic carbocycles. The van der Waals surface area contributed by atoms with Gasteiger partial charge in [0, 0.05) is 28.1 Å². The van der Waals surface area contributed by atoms with Crippen LogP contribution in [-0.4, -0.2) is 17.8 Å². The van der Waals surface area contributed by atoms with Crippen molar-refractivity contribution in [2.24, 2.45) is 0 Å². The molecule has 0 aliphatic heterocycles. The smallest absolute Gasteiger partial charge is 0.0530 e. The second-order valence-electron chi connectivity index (χ2n) is 4.06. The first-order valence-corrected chi connectivity index (χ1v) is 6.53. The van der Waals surface area contributed by atoms with Crippen molar-refractivity contribution in [3.63, 3.8) is 0 Å². The minimum absolute atomic E-state index is 0.274. The molecule has 0 amide bonds. The molecule has 1 heterocycles. The van der Waals surface area contributed by atoms with Crippen molar-refractivity contribution >= 4 is 27.1 Å². The van der Waals surface area contributed by atoms with Gasteiger partial charge in [0.2, 0.25) is 0 Å². The summed E-state index contributed by atoms with van der Waals surface area (Å²) in [6, 6.07) is 8.83. The second-order valence-corrected chi connectivity index (χ2v) is 4.97. The Bertz CT molecular complexity index is 452. The fourth-order valence-corrected chi connectivity index (χ4v) is 2.73. The van der Waals surface area contributed by atoms with E-state index in [1.165, 1.54) is 15.8 Å². The molecule has 0 saturated carbocycles. The Morgan fingerprint density at radius 1 is 1.38 bits per heavy atom. The average molecular weight is 235 g/mol. The summed E-state index contributed by atoms with van der Waals surface area (Å²) in [5.74, 6) is 0. The van der Waals surface area contributed by atoms with Crippen molar-refractivity contribution in [2.45, 2.75) is 25.8 Å². The third kappa shape index (κ3) is 2.54. The van der Waals surface area contributed by atoms with E-state index < -0.39 is 0 Å². The molecule has 0 saturated heterocycles. The molecule has 1 atom stereocenters. The highest BCUT2D eigenvalue weighted by Crippen LogP contribution is 2.30. The summed E-state index contributed by atoms with van der Waals surface area (Å²) in [6.07, 6.45) is 1.86. The summed E-state index contributed by atoms with van der Waals surface area (Å²) in [5, 5.41) is 15.7. The van der Waals surface area contributed by atoms with E-state index in [2.05, 4.69) is 41.9 Å². The highest BCUT2D eigenvalue weighted by molar-refractivity contribution is 7.17. The largest absolute Gasteiger partial charge is 0.396 e. The maximum atomic E-state index is 8.79. The van der Waals surface area contributed by atoms with Crippen molar-refractivity contribution in [3.8, 4) is 0 Å². The van der Waals surface area contributed by atoms with Gasteiger partial charge in [0.05, 0.1) is 5.69 Å². The standard InChI is InChI=1S/C13H17NOS/c1-10(5-4-8-15)14-12-9-16-13-7-3-2-6-11(12)13/h2-3,6-7,9-10,14-15H,4-5,8H2,1H3. The molecule has 1 aromatic carbocycles. The number of aliphatic hydroxyl groups excluding tert-OH is 1. The maximum absolute atomic E-state index is 8.79. The van der Waals surface area contributed by atoms with Crippen molar-refractivity contribution in [1.29, 1.82) is 0 Å². The number of benzene rings is 1. The molecule has 0 aliphatic rings. The van der Waals surface area contributed by atoms with Gasteiger partial charge in [-0.05, 0) is 25.8 Å². The minimum atomic E-state index is 0.274. The Labute approximate surface area is 99.9 Å². The first-order valence-electron chi connectivity index (χ1n) is 5.65. The van der Waals surface area contributed by atoms with Crippen LogP contribution in [0.1, 0.15) is 19.8 Å². The van der Waals surface area contributed by atoms with Gasteiger partial charge >= 0.3 is 0 Å². The van der Waals surface area contributed by atoms with Crippen LogP contribution in [0.25, 0.3) is 10.1 Å². The lowest BCUT2D eigenvalue weighted by molar-refractivity contribution is 0.282. The molecule has 0 fully saturated rings. The first kappa shape index (κ1) is 11.4. The highest BCUT2D eigenvalue weighted by Gasteiger charge is 2.06. The van der Waals surface area contributed by atoms with E-state index in [0.717, 1.165) is 12.8 Å². The van der Waals surface area contributed by atoms with Crippen molar-refractivity contribution in [1.82, 2.24) is 0 Å². The van der Waals surface area contributed by atoms with Gasteiger partial charge in [-0.2, -0.15) is 0 Å². The minimum Gasteiger partial charge on any atom is -0.396 e. The zero-order valence-electron chi connectivity index (χ0n) is 9.44. The van der Waals surface area contributed by atoms with Crippen LogP contribution in [0.2, 0.25) is 0 Å². The highest BCUT2D eigenvalue weighted by atomic mass is 32.1. The van der Waals surface area contributed by atoms with E-state index in [1.54, 1.807) is 11.3 Å². The predicted octanol–water partition coefficient (Wildman–Crippen LogP) is 3.47. The molecule has 0 spiro atoms. The van der Waals surface area contributed by atoms with Crippen LogP contribution in [0.15, 0.2) is 29.6 Å². The summed E-state index contributed by atoms with van der Waals surface area (Å²) >= 11 is 1.77. The van der Waals surface area contributed by atoms with Crippen LogP contribution in [0.3, 0.4) is 0 Å². The predicted molar refractivity (Wildman–Crippen MR) is 71.2 cm³/mol. The number of aliphatic hydroxyl groups is 1. The molecule has 0 bridgehead atoms. The number of hydrogen-bond donors (Lipinski definition) is 2. The van der Waals surface area contributed by atoms with Crippen LogP contribution in [0.4, 0.5) is 5.69 Å². The van der Waals surface area contributed by atoms with Crippen LogP contribution >= 0.6 is 11.3 Å².